The predicted molar refractivity (Wildman–Crippen MR) is 148 cm³/mol. The Kier molecular flexibility index (Phi) is 8.20. The number of nitrogens with zero attached hydrogens (tertiary/aromatic N) is 1. The van der Waals surface area contributed by atoms with Crippen molar-refractivity contribution in [2.75, 3.05) is 7.11 Å². The summed E-state index contributed by atoms with van der Waals surface area (Å²) in [7, 11) is 1.46. The number of methoxy groups -OCH3 is 1. The van der Waals surface area contributed by atoms with Gasteiger partial charge in [-0.3, -0.25) is 14.5 Å². The first kappa shape index (κ1) is 25.7. The van der Waals surface area contributed by atoms with Gasteiger partial charge in [0.25, 0.3) is 11.1 Å². The molecular formula is C25H16BrClINO5S. The monoisotopic (exact) mass is 683 g/mol. The molecule has 0 spiro atoms. The van der Waals surface area contributed by atoms with Gasteiger partial charge in [0.2, 0.25) is 0 Å². The normalized spacial score (nSPS) is 14.5. The molecule has 0 atom stereocenters. The highest BCUT2D eigenvalue weighted by Crippen LogP contribution is 2.38. The van der Waals surface area contributed by atoms with Crippen molar-refractivity contribution < 1.29 is 23.9 Å². The lowest BCUT2D eigenvalue weighted by atomic mass is 10.1. The Morgan fingerprint density at radius 1 is 1.14 bits per heavy atom. The molecule has 0 unspecified atom stereocenters. The molecule has 1 fully saturated rings. The average molecular weight is 685 g/mol. The molecule has 0 aliphatic carbocycles. The molecule has 3 aromatic carbocycles. The molecule has 4 rings (SSSR count). The molecule has 0 saturated carbocycles. The molecule has 0 aromatic heterocycles. The minimum atomic E-state index is -0.579. The second kappa shape index (κ2) is 11.2. The van der Waals surface area contributed by atoms with Crippen molar-refractivity contribution in [1.82, 2.24) is 4.90 Å². The average Bonchev–Trinajstić information content (AvgIpc) is 3.09. The van der Waals surface area contributed by atoms with Crippen LogP contribution in [0.2, 0.25) is 5.02 Å². The van der Waals surface area contributed by atoms with E-state index in [-0.39, 0.29) is 23.4 Å². The van der Waals surface area contributed by atoms with E-state index in [1.807, 2.05) is 46.9 Å². The zero-order valence-corrected chi connectivity index (χ0v) is 23.4. The lowest BCUT2D eigenvalue weighted by molar-refractivity contribution is -0.123. The first-order valence-corrected chi connectivity index (χ1v) is 13.2. The highest BCUT2D eigenvalue weighted by molar-refractivity contribution is 14.1. The number of thioether (sulfide) groups is 1. The third-order valence-corrected chi connectivity index (χ3v) is 7.68. The Balaban J connectivity index is 1.57. The van der Waals surface area contributed by atoms with Gasteiger partial charge >= 0.3 is 5.97 Å². The minimum absolute atomic E-state index is 0.169. The number of carbonyl (C=O) groups is 3. The second-order valence-electron chi connectivity index (χ2n) is 7.29. The highest BCUT2D eigenvalue weighted by atomic mass is 127. The third kappa shape index (κ3) is 5.91. The predicted octanol–water partition coefficient (Wildman–Crippen LogP) is 7.17. The number of esters is 1. The van der Waals surface area contributed by atoms with Crippen molar-refractivity contribution in [2.24, 2.45) is 0 Å². The van der Waals surface area contributed by atoms with Crippen LogP contribution in [0, 0.1) is 3.57 Å². The van der Waals surface area contributed by atoms with Gasteiger partial charge in [0.15, 0.2) is 11.5 Å². The van der Waals surface area contributed by atoms with Crippen molar-refractivity contribution in [2.45, 2.75) is 6.54 Å². The smallest absolute Gasteiger partial charge is 0.343 e. The number of rotatable bonds is 6. The van der Waals surface area contributed by atoms with Gasteiger partial charge in [-0.2, -0.15) is 0 Å². The minimum Gasteiger partial charge on any atom is -0.493 e. The zero-order valence-electron chi connectivity index (χ0n) is 18.1. The van der Waals surface area contributed by atoms with Crippen molar-refractivity contribution in [3.8, 4) is 11.5 Å². The van der Waals surface area contributed by atoms with Crippen LogP contribution in [-0.4, -0.2) is 29.1 Å². The maximum absolute atomic E-state index is 13.0. The number of hydrogen-bond acceptors (Lipinski definition) is 6. The fourth-order valence-corrected chi connectivity index (χ4v) is 5.45. The van der Waals surface area contributed by atoms with Crippen molar-refractivity contribution in [3.63, 3.8) is 0 Å². The van der Waals surface area contributed by atoms with Crippen LogP contribution in [0.25, 0.3) is 6.08 Å². The van der Waals surface area contributed by atoms with Crippen LogP contribution in [-0.2, 0) is 11.3 Å². The van der Waals surface area contributed by atoms with Crippen molar-refractivity contribution in [3.05, 3.63) is 95.3 Å². The number of ether oxygens (including phenoxy) is 2. The number of carbonyl (C=O) groups excluding carboxylic acids is 3. The summed E-state index contributed by atoms with van der Waals surface area (Å²) in [6.45, 7) is 0.169. The molecule has 1 heterocycles. The van der Waals surface area contributed by atoms with Gasteiger partial charge < -0.3 is 9.47 Å². The Hall–Kier alpha value is -2.34. The molecule has 0 N–H and O–H groups in total. The highest BCUT2D eigenvalue weighted by Gasteiger charge is 2.35. The van der Waals surface area contributed by atoms with E-state index in [1.54, 1.807) is 36.4 Å². The molecule has 0 radical (unpaired) electrons. The quantitative estimate of drug-likeness (QED) is 0.119. The maximum Gasteiger partial charge on any atom is 0.343 e. The number of imide groups is 1. The molecule has 6 nitrogen and oxygen atoms in total. The Morgan fingerprint density at radius 3 is 2.63 bits per heavy atom. The third-order valence-electron chi connectivity index (χ3n) is 4.96. The summed E-state index contributed by atoms with van der Waals surface area (Å²) in [5, 5.41) is 0.0794. The molecule has 178 valence electrons. The Labute approximate surface area is 232 Å². The lowest BCUT2D eigenvalue weighted by Gasteiger charge is -2.14. The van der Waals surface area contributed by atoms with E-state index in [0.717, 1.165) is 21.8 Å². The first-order valence-electron chi connectivity index (χ1n) is 10.1. The summed E-state index contributed by atoms with van der Waals surface area (Å²) in [6.07, 6.45) is 1.62. The van der Waals surface area contributed by atoms with E-state index >= 15 is 0 Å². The largest absolute Gasteiger partial charge is 0.493 e. The van der Waals surface area contributed by atoms with Crippen LogP contribution in [0.3, 0.4) is 0 Å². The van der Waals surface area contributed by atoms with Crippen molar-refractivity contribution in [1.29, 1.82) is 0 Å². The molecule has 35 heavy (non-hydrogen) atoms. The van der Waals surface area contributed by atoms with Gasteiger partial charge in [-0.1, -0.05) is 51.8 Å². The van der Waals surface area contributed by atoms with E-state index in [4.69, 9.17) is 21.1 Å². The van der Waals surface area contributed by atoms with Crippen LogP contribution < -0.4 is 9.47 Å². The van der Waals surface area contributed by atoms with Gasteiger partial charge in [0.05, 0.1) is 27.7 Å². The SMILES string of the molecule is COc1cc(/C=C2\SC(=O)N(Cc3ccccc3Br)C2=O)cc(I)c1OC(=O)c1cccc(Cl)c1. The molecule has 3 aromatic rings. The van der Waals surface area contributed by atoms with Crippen LogP contribution in [0.1, 0.15) is 21.5 Å². The number of amides is 2. The van der Waals surface area contributed by atoms with Crippen LogP contribution in [0.4, 0.5) is 4.79 Å². The standard InChI is InChI=1S/C25H16BrClINO5S/c1-33-20-10-14(9-19(28)22(20)34-24(31)15-6-4-7-17(27)12-15)11-21-23(30)29(25(32)35-21)13-16-5-2-3-8-18(16)26/h2-12H,13H2,1H3/b21-11-. The van der Waals surface area contributed by atoms with Crippen LogP contribution >= 0.6 is 61.9 Å². The summed E-state index contributed by atoms with van der Waals surface area (Å²) in [5.74, 6) is -0.394. The molecule has 0 bridgehead atoms. The Bertz CT molecular complexity index is 1380. The van der Waals surface area contributed by atoms with E-state index in [9.17, 15) is 14.4 Å². The van der Waals surface area contributed by atoms with Crippen LogP contribution in [0.15, 0.2) is 70.0 Å². The summed E-state index contributed by atoms with van der Waals surface area (Å²) < 4.78 is 12.4. The van der Waals surface area contributed by atoms with E-state index < -0.39 is 5.97 Å². The first-order chi connectivity index (χ1) is 16.8. The van der Waals surface area contributed by atoms with E-state index in [1.165, 1.54) is 18.1 Å². The number of benzene rings is 3. The van der Waals surface area contributed by atoms with Gasteiger partial charge in [0, 0.05) is 9.50 Å². The lowest BCUT2D eigenvalue weighted by Crippen LogP contribution is -2.27. The fraction of sp³-hybridized carbons (Fsp3) is 0.0800. The number of hydrogen-bond donors (Lipinski definition) is 0. The summed E-state index contributed by atoms with van der Waals surface area (Å²) >= 11 is 12.3. The molecule has 1 aliphatic rings. The van der Waals surface area contributed by atoms with Gasteiger partial charge in [-0.05, 0) is 88.0 Å². The van der Waals surface area contributed by atoms with Gasteiger partial charge in [-0.15, -0.1) is 0 Å². The van der Waals surface area contributed by atoms with Gasteiger partial charge in [-0.25, -0.2) is 4.79 Å². The van der Waals surface area contributed by atoms with Crippen LogP contribution in [0.5, 0.6) is 11.5 Å². The molecule has 2 amide bonds. The Morgan fingerprint density at radius 2 is 1.91 bits per heavy atom. The molecular weight excluding hydrogens is 669 g/mol. The zero-order chi connectivity index (χ0) is 25.1. The summed E-state index contributed by atoms with van der Waals surface area (Å²) in [4.78, 5) is 39.6. The molecule has 1 saturated heterocycles. The summed E-state index contributed by atoms with van der Waals surface area (Å²) in [6, 6.07) is 17.3. The molecule has 10 heteroatoms. The maximum atomic E-state index is 13.0. The van der Waals surface area contributed by atoms with E-state index in [0.29, 0.717) is 30.4 Å². The topological polar surface area (TPSA) is 72.9 Å². The summed E-state index contributed by atoms with van der Waals surface area (Å²) in [5.41, 5.74) is 1.76. The van der Waals surface area contributed by atoms with Crippen molar-refractivity contribution >= 4 is 85.1 Å². The van der Waals surface area contributed by atoms with E-state index in [2.05, 4.69) is 15.9 Å². The fourth-order valence-electron chi connectivity index (χ4n) is 3.27. The second-order valence-corrected chi connectivity index (χ2v) is 10.7. The van der Waals surface area contributed by atoms with Gasteiger partial charge in [0.1, 0.15) is 0 Å². The number of halogens is 3. The molecule has 1 aliphatic heterocycles.